The van der Waals surface area contributed by atoms with E-state index in [1.807, 2.05) is 13.8 Å². The lowest BCUT2D eigenvalue weighted by Gasteiger charge is -2.29. The molecule has 6 atom stereocenters. The van der Waals surface area contributed by atoms with Crippen molar-refractivity contribution in [3.05, 3.63) is 59.7 Å². The largest absolute Gasteiger partial charge is 0.506 e. The summed E-state index contributed by atoms with van der Waals surface area (Å²) in [6.45, 7) is 11.1. The number of primary amides is 1. The van der Waals surface area contributed by atoms with Crippen molar-refractivity contribution >= 4 is 35.8 Å². The van der Waals surface area contributed by atoms with Gasteiger partial charge in [-0.25, -0.2) is 4.79 Å². The number of carbonyl (C=O) groups is 2. The zero-order valence-electron chi connectivity index (χ0n) is 25.6. The summed E-state index contributed by atoms with van der Waals surface area (Å²) >= 11 is 0. The number of halogens is 1. The third-order valence-corrected chi connectivity index (χ3v) is 7.25. The standard InChI is InChI=1S/C31H45N3O8.ClH/c1-8-12-33-26-21-13-17(2)14-25(41-7)27(36)19(4)15-20(5)29(42-31(32)39)24(40-6)11-9-10-18(3)30(38)34-22(28(21)37)16-23(26)35;/h8-11,15-17,19,24-25,27,29,33,35-37H,1,12-14H2,2-7H3,(H2,32,39)(H,34,38);1H/b11-9-,18-10-,20-15+;/t17-,19-,24-,25-,27+,29-;/m0./s1. The number of hydrogen-bond acceptors (Lipinski definition) is 9. The van der Waals surface area contributed by atoms with Crippen molar-refractivity contribution < 1.29 is 39.1 Å². The predicted octanol–water partition coefficient (Wildman–Crippen LogP) is 4.58. The van der Waals surface area contributed by atoms with E-state index in [1.54, 1.807) is 38.2 Å². The number of phenolic OH excluding ortho intramolecular Hbond substituents is 2. The van der Waals surface area contributed by atoms with E-state index in [1.165, 1.54) is 26.4 Å². The van der Waals surface area contributed by atoms with E-state index < -0.39 is 42.3 Å². The Hall–Kier alpha value is -3.51. The highest BCUT2D eigenvalue weighted by molar-refractivity contribution is 6.04. The van der Waals surface area contributed by atoms with Crippen LogP contribution < -0.4 is 16.4 Å². The van der Waals surface area contributed by atoms with Gasteiger partial charge >= 0.3 is 6.09 Å². The van der Waals surface area contributed by atoms with Crippen LogP contribution in [-0.4, -0.2) is 72.5 Å². The number of allylic oxidation sites excluding steroid dienone is 2. The molecule has 7 N–H and O–H groups in total. The quantitative estimate of drug-likeness (QED) is 0.151. The average molecular weight is 624 g/mol. The van der Waals surface area contributed by atoms with Crippen molar-refractivity contribution in [1.29, 1.82) is 0 Å². The number of fused-ring (bicyclic) bond motifs is 2. The van der Waals surface area contributed by atoms with Gasteiger partial charge in [0.2, 0.25) is 0 Å². The minimum Gasteiger partial charge on any atom is -0.506 e. The maximum absolute atomic E-state index is 13.0. The van der Waals surface area contributed by atoms with Crippen molar-refractivity contribution in [3.63, 3.8) is 0 Å². The van der Waals surface area contributed by atoms with Crippen molar-refractivity contribution in [1.82, 2.24) is 0 Å². The smallest absolute Gasteiger partial charge is 0.405 e. The highest BCUT2D eigenvalue weighted by atomic mass is 35.5. The van der Waals surface area contributed by atoms with Crippen LogP contribution in [0.15, 0.2) is 54.2 Å². The molecule has 1 aromatic rings. The Morgan fingerprint density at radius 2 is 1.91 bits per heavy atom. The second-order valence-corrected chi connectivity index (χ2v) is 10.6. The lowest BCUT2D eigenvalue weighted by Crippen LogP contribution is -2.37. The first-order chi connectivity index (χ1) is 19.8. The molecular weight excluding hydrogens is 578 g/mol. The summed E-state index contributed by atoms with van der Waals surface area (Å²) in [4.78, 5) is 24.7. The number of ether oxygens (including phenoxy) is 3. The highest BCUT2D eigenvalue weighted by Gasteiger charge is 2.30. The van der Waals surface area contributed by atoms with Gasteiger partial charge in [0, 0.05) is 43.9 Å². The summed E-state index contributed by atoms with van der Waals surface area (Å²) < 4.78 is 16.6. The van der Waals surface area contributed by atoms with Gasteiger partial charge in [-0.2, -0.15) is 0 Å². The molecule has 0 saturated heterocycles. The third kappa shape index (κ3) is 10.3. The van der Waals surface area contributed by atoms with E-state index in [-0.39, 0.29) is 35.5 Å². The number of amides is 2. The lowest BCUT2D eigenvalue weighted by atomic mass is 9.87. The van der Waals surface area contributed by atoms with Gasteiger partial charge in [-0.1, -0.05) is 44.2 Å². The Kier molecular flexibility index (Phi) is 15.3. The molecular formula is C31H46ClN3O8. The predicted molar refractivity (Wildman–Crippen MR) is 170 cm³/mol. The first-order valence-electron chi connectivity index (χ1n) is 13.8. The molecule has 1 aromatic carbocycles. The SMILES string of the molecule is C=CCNc1c(O)cc2c(O)c1C[C@H](C)C[C@H](OC)[C@H](O)[C@@H](C)/C=C(\C)[C@H](OC(N)=O)[C@@H](OC)/C=C\C=C(\C)C(=O)N2.Cl. The number of aliphatic hydroxyl groups is 1. The number of benzene rings is 1. The van der Waals surface area contributed by atoms with E-state index in [0.29, 0.717) is 41.8 Å². The molecule has 1 heterocycles. The van der Waals surface area contributed by atoms with E-state index in [9.17, 15) is 24.9 Å². The van der Waals surface area contributed by atoms with Gasteiger partial charge in [-0.15, -0.1) is 19.0 Å². The van der Waals surface area contributed by atoms with Gasteiger partial charge in [0.05, 0.1) is 23.6 Å². The summed E-state index contributed by atoms with van der Waals surface area (Å²) in [5, 5.41) is 39.1. The van der Waals surface area contributed by atoms with Gasteiger partial charge < -0.3 is 45.9 Å². The van der Waals surface area contributed by atoms with Crippen LogP contribution in [0.1, 0.15) is 39.7 Å². The van der Waals surface area contributed by atoms with E-state index in [2.05, 4.69) is 17.2 Å². The van der Waals surface area contributed by atoms with Gasteiger partial charge in [-0.05, 0) is 38.2 Å². The Labute approximate surface area is 259 Å². The van der Waals surface area contributed by atoms with Gasteiger partial charge in [0.1, 0.15) is 17.6 Å². The summed E-state index contributed by atoms with van der Waals surface area (Å²) in [6, 6.07) is 1.28. The zero-order chi connectivity index (χ0) is 31.6. The second kappa shape index (κ2) is 17.6. The molecule has 2 rings (SSSR count). The number of anilines is 2. The van der Waals surface area contributed by atoms with Crippen molar-refractivity contribution in [2.75, 3.05) is 31.4 Å². The average Bonchev–Trinajstić information content (AvgIpc) is 2.94. The summed E-state index contributed by atoms with van der Waals surface area (Å²) in [7, 11) is 2.95. The van der Waals surface area contributed by atoms with Crippen molar-refractivity contribution in [2.24, 2.45) is 17.6 Å². The molecule has 0 saturated carbocycles. The Morgan fingerprint density at radius 3 is 2.49 bits per heavy atom. The topological polar surface area (TPSA) is 173 Å². The number of aliphatic hydroxyl groups excluding tert-OH is 1. The molecule has 2 amide bonds. The Bertz CT molecular complexity index is 1220. The van der Waals surface area contributed by atoms with Crippen LogP contribution in [0.4, 0.5) is 16.2 Å². The van der Waals surface area contributed by atoms with Gasteiger partial charge in [-0.3, -0.25) is 4.79 Å². The molecule has 43 heavy (non-hydrogen) atoms. The summed E-state index contributed by atoms with van der Waals surface area (Å²) in [6.07, 6.45) is 4.64. The number of methoxy groups -OCH3 is 2. The molecule has 0 aliphatic carbocycles. The van der Waals surface area contributed by atoms with E-state index >= 15 is 0 Å². The van der Waals surface area contributed by atoms with Gasteiger partial charge in [0.15, 0.2) is 6.10 Å². The Morgan fingerprint density at radius 1 is 1.23 bits per heavy atom. The van der Waals surface area contributed by atoms with Crippen LogP contribution in [0.3, 0.4) is 0 Å². The molecule has 0 aromatic heterocycles. The Balaban J connectivity index is 0.00000924. The molecule has 1 aliphatic rings. The fourth-order valence-electron chi connectivity index (χ4n) is 4.98. The molecule has 0 fully saturated rings. The fourth-order valence-corrected chi connectivity index (χ4v) is 4.98. The molecule has 11 nitrogen and oxygen atoms in total. The minimum atomic E-state index is -0.990. The number of nitrogens with one attached hydrogen (secondary N) is 2. The summed E-state index contributed by atoms with van der Waals surface area (Å²) in [5.74, 6) is -1.41. The van der Waals surface area contributed by atoms with Gasteiger partial charge in [0.25, 0.3) is 5.91 Å². The van der Waals surface area contributed by atoms with Crippen LogP contribution in [0.25, 0.3) is 0 Å². The molecule has 0 unspecified atom stereocenters. The molecule has 0 radical (unpaired) electrons. The number of nitrogens with two attached hydrogens (primary N) is 1. The second-order valence-electron chi connectivity index (χ2n) is 10.6. The van der Waals surface area contributed by atoms with E-state index in [0.717, 1.165) is 0 Å². The van der Waals surface area contributed by atoms with Crippen molar-refractivity contribution in [2.45, 2.75) is 65.0 Å². The number of rotatable bonds is 6. The van der Waals surface area contributed by atoms with Crippen LogP contribution in [0, 0.1) is 11.8 Å². The number of hydrogen-bond donors (Lipinski definition) is 6. The normalized spacial score (nSPS) is 28.6. The maximum atomic E-state index is 13.0. The van der Waals surface area contributed by atoms with Crippen LogP contribution in [-0.2, 0) is 25.4 Å². The molecule has 0 spiro atoms. The number of carbonyl (C=O) groups excluding carboxylic acids is 2. The van der Waals surface area contributed by atoms with E-state index in [4.69, 9.17) is 19.9 Å². The first-order valence-corrected chi connectivity index (χ1v) is 13.8. The summed E-state index contributed by atoms with van der Waals surface area (Å²) in [5.41, 5.74) is 7.01. The molecule has 1 aliphatic heterocycles. The molecule has 2 bridgehead atoms. The lowest BCUT2D eigenvalue weighted by molar-refractivity contribution is -0.112. The number of aromatic hydroxyl groups is 2. The zero-order valence-corrected chi connectivity index (χ0v) is 26.4. The highest BCUT2D eigenvalue weighted by Crippen LogP contribution is 2.42. The first kappa shape index (κ1) is 37.5. The van der Waals surface area contributed by atoms with Crippen LogP contribution in [0.2, 0.25) is 0 Å². The maximum Gasteiger partial charge on any atom is 0.405 e. The fraction of sp³-hybridized carbons (Fsp3) is 0.484. The monoisotopic (exact) mass is 623 g/mol. The third-order valence-electron chi connectivity index (χ3n) is 7.25. The van der Waals surface area contributed by atoms with Crippen molar-refractivity contribution in [3.8, 4) is 11.5 Å². The number of phenols is 2. The molecule has 12 heteroatoms. The minimum absolute atomic E-state index is 0. The van der Waals surface area contributed by atoms with Crippen LogP contribution >= 0.6 is 12.4 Å². The van der Waals surface area contributed by atoms with Crippen LogP contribution in [0.5, 0.6) is 11.5 Å². The molecule has 240 valence electrons.